The van der Waals surface area contributed by atoms with E-state index in [-0.39, 0.29) is 17.0 Å². The highest BCUT2D eigenvalue weighted by atomic mass is 28.4. The fourth-order valence-corrected chi connectivity index (χ4v) is 4.92. The van der Waals surface area contributed by atoms with E-state index in [1.54, 1.807) is 6.92 Å². The van der Waals surface area contributed by atoms with Crippen molar-refractivity contribution in [2.24, 2.45) is 11.3 Å². The number of aliphatic carboxylic acids is 1. The average Bonchev–Trinajstić information content (AvgIpc) is 2.51. The molecule has 0 bridgehead atoms. The van der Waals surface area contributed by atoms with Gasteiger partial charge in [0.25, 0.3) is 0 Å². The van der Waals surface area contributed by atoms with E-state index in [1.807, 2.05) is 37.3 Å². The molecule has 0 aromatic heterocycles. The third-order valence-corrected chi connectivity index (χ3v) is 10.9. The van der Waals surface area contributed by atoms with Crippen LogP contribution < -0.4 is 5.32 Å². The number of rotatable bonds is 7. The molecule has 1 aromatic rings. The van der Waals surface area contributed by atoms with Crippen molar-refractivity contribution in [1.29, 1.82) is 0 Å². The standard InChI is InChI=1S/C21H33NO4Si/c1-14(26-27(6,7)20(2,3)4)16-17(22-18(16)23)21(5,19(24)25)13-15-11-9-8-10-12-15/h8-12,14,16-17H,13H2,1-7H3,(H,22,23)(H,24,25)/t14-,16-,17+,21?/m1/s1. The van der Waals surface area contributed by atoms with Crippen molar-refractivity contribution in [3.63, 3.8) is 0 Å². The molecular weight excluding hydrogens is 358 g/mol. The lowest BCUT2D eigenvalue weighted by molar-refractivity contribution is -0.160. The molecule has 5 nitrogen and oxygen atoms in total. The summed E-state index contributed by atoms with van der Waals surface area (Å²) >= 11 is 0. The van der Waals surface area contributed by atoms with Crippen LogP contribution in [0.25, 0.3) is 0 Å². The number of carbonyl (C=O) groups is 2. The molecule has 0 aliphatic carbocycles. The first kappa shape index (κ1) is 21.6. The molecule has 4 atom stereocenters. The molecule has 2 rings (SSSR count). The van der Waals surface area contributed by atoms with E-state index in [2.05, 4.69) is 39.2 Å². The predicted octanol–water partition coefficient (Wildman–Crippen LogP) is 3.84. The normalized spacial score (nSPS) is 23.7. The zero-order chi connectivity index (χ0) is 20.6. The molecule has 1 fully saturated rings. The molecule has 150 valence electrons. The predicted molar refractivity (Wildman–Crippen MR) is 109 cm³/mol. The highest BCUT2D eigenvalue weighted by Crippen LogP contribution is 2.42. The largest absolute Gasteiger partial charge is 0.481 e. The Morgan fingerprint density at radius 1 is 1.22 bits per heavy atom. The van der Waals surface area contributed by atoms with Crippen LogP contribution in [0.4, 0.5) is 0 Å². The van der Waals surface area contributed by atoms with Gasteiger partial charge in [0.1, 0.15) is 0 Å². The summed E-state index contributed by atoms with van der Waals surface area (Å²) in [6.45, 7) is 14.4. The third-order valence-electron chi connectivity index (χ3n) is 6.34. The van der Waals surface area contributed by atoms with Crippen molar-refractivity contribution in [3.8, 4) is 0 Å². The lowest BCUT2D eigenvalue weighted by Crippen LogP contribution is -2.70. The number of benzene rings is 1. The fourth-order valence-electron chi connectivity index (χ4n) is 3.49. The molecular formula is C21H33NO4Si. The minimum atomic E-state index is -2.06. The Morgan fingerprint density at radius 2 is 1.78 bits per heavy atom. The topological polar surface area (TPSA) is 75.6 Å². The van der Waals surface area contributed by atoms with E-state index >= 15 is 0 Å². The fraction of sp³-hybridized carbons (Fsp3) is 0.619. The first-order chi connectivity index (χ1) is 12.3. The molecule has 2 N–H and O–H groups in total. The van der Waals surface area contributed by atoms with Crippen LogP contribution in [0.3, 0.4) is 0 Å². The molecule has 0 spiro atoms. The Labute approximate surface area is 163 Å². The Kier molecular flexibility index (Phi) is 5.93. The monoisotopic (exact) mass is 391 g/mol. The van der Waals surface area contributed by atoms with Crippen LogP contribution in [-0.2, 0) is 20.4 Å². The van der Waals surface area contributed by atoms with Crippen molar-refractivity contribution in [2.75, 3.05) is 0 Å². The summed E-state index contributed by atoms with van der Waals surface area (Å²) < 4.78 is 6.42. The Hall–Kier alpha value is -1.66. The van der Waals surface area contributed by atoms with Gasteiger partial charge in [0.05, 0.1) is 23.5 Å². The first-order valence-electron chi connectivity index (χ1n) is 9.55. The van der Waals surface area contributed by atoms with Crippen molar-refractivity contribution >= 4 is 20.2 Å². The second kappa shape index (κ2) is 7.39. The van der Waals surface area contributed by atoms with Crippen molar-refractivity contribution < 1.29 is 19.1 Å². The number of β-lactam (4-membered cyclic amide) rings is 1. The molecule has 1 unspecified atom stereocenters. The van der Waals surface area contributed by atoms with Gasteiger partial charge in [-0.2, -0.15) is 0 Å². The molecule has 6 heteroatoms. The summed E-state index contributed by atoms with van der Waals surface area (Å²) in [7, 11) is -2.06. The van der Waals surface area contributed by atoms with Crippen LogP contribution >= 0.6 is 0 Å². The van der Waals surface area contributed by atoms with Gasteiger partial charge < -0.3 is 14.8 Å². The van der Waals surface area contributed by atoms with Gasteiger partial charge in [0.2, 0.25) is 5.91 Å². The van der Waals surface area contributed by atoms with Crippen molar-refractivity contribution in [3.05, 3.63) is 35.9 Å². The van der Waals surface area contributed by atoms with Gasteiger partial charge in [-0.05, 0) is 44.0 Å². The summed E-state index contributed by atoms with van der Waals surface area (Å²) in [4.78, 5) is 24.6. The molecule has 1 aliphatic rings. The van der Waals surface area contributed by atoms with E-state index in [0.29, 0.717) is 6.42 Å². The Balaban J connectivity index is 2.25. The molecule has 0 saturated carbocycles. The Bertz CT molecular complexity index is 698. The zero-order valence-electron chi connectivity index (χ0n) is 17.5. The van der Waals surface area contributed by atoms with Crippen LogP contribution in [0, 0.1) is 11.3 Å². The lowest BCUT2D eigenvalue weighted by Gasteiger charge is -2.50. The van der Waals surface area contributed by atoms with Gasteiger partial charge in [0, 0.05) is 0 Å². The van der Waals surface area contributed by atoms with Gasteiger partial charge in [-0.15, -0.1) is 0 Å². The molecule has 1 amide bonds. The number of carbonyl (C=O) groups excluding carboxylic acids is 1. The van der Waals surface area contributed by atoms with Crippen molar-refractivity contribution in [2.45, 2.75) is 71.3 Å². The second-order valence-electron chi connectivity index (χ2n) is 9.48. The van der Waals surface area contributed by atoms with Gasteiger partial charge in [-0.25, -0.2) is 0 Å². The maximum absolute atomic E-state index is 12.4. The summed E-state index contributed by atoms with van der Waals surface area (Å²) in [5.41, 5.74) is -0.148. The molecule has 0 radical (unpaired) electrons. The number of carboxylic acids is 1. The van der Waals surface area contributed by atoms with Gasteiger partial charge >= 0.3 is 5.97 Å². The lowest BCUT2D eigenvalue weighted by atomic mass is 9.66. The van der Waals surface area contributed by atoms with Crippen LogP contribution in [0.15, 0.2) is 30.3 Å². The molecule has 1 heterocycles. The van der Waals surface area contributed by atoms with E-state index < -0.39 is 31.7 Å². The van der Waals surface area contributed by atoms with E-state index in [1.165, 1.54) is 0 Å². The SMILES string of the molecule is C[C@@H](O[Si](C)(C)C(C)(C)C)[C@H]1C(=O)N[C@@H]1C(C)(Cc1ccccc1)C(=O)O. The van der Waals surface area contributed by atoms with E-state index in [4.69, 9.17) is 4.43 Å². The number of carboxylic acid groups (broad SMARTS) is 1. The second-order valence-corrected chi connectivity index (χ2v) is 14.2. The van der Waals surface area contributed by atoms with E-state index in [9.17, 15) is 14.7 Å². The maximum Gasteiger partial charge on any atom is 0.311 e. The molecule has 27 heavy (non-hydrogen) atoms. The molecule has 1 saturated heterocycles. The summed E-state index contributed by atoms with van der Waals surface area (Å²) in [6.07, 6.45) is 0.0383. The minimum absolute atomic E-state index is 0.0249. The average molecular weight is 392 g/mol. The first-order valence-corrected chi connectivity index (χ1v) is 12.5. The van der Waals surface area contributed by atoms with Gasteiger partial charge in [-0.3, -0.25) is 9.59 Å². The Morgan fingerprint density at radius 3 is 2.22 bits per heavy atom. The number of hydrogen-bond donors (Lipinski definition) is 2. The maximum atomic E-state index is 12.4. The summed E-state index contributed by atoms with van der Waals surface area (Å²) in [5, 5.41) is 12.9. The quantitative estimate of drug-likeness (QED) is 0.547. The summed E-state index contributed by atoms with van der Waals surface area (Å²) in [6, 6.07) is 9.10. The minimum Gasteiger partial charge on any atom is -0.481 e. The van der Waals surface area contributed by atoms with Crippen LogP contribution in [-0.4, -0.2) is 37.4 Å². The van der Waals surface area contributed by atoms with Crippen LogP contribution in [0.2, 0.25) is 18.1 Å². The molecule has 1 aliphatic heterocycles. The highest BCUT2D eigenvalue weighted by Gasteiger charge is 2.57. The van der Waals surface area contributed by atoms with Gasteiger partial charge in [0.15, 0.2) is 8.32 Å². The van der Waals surface area contributed by atoms with E-state index in [0.717, 1.165) is 5.56 Å². The third kappa shape index (κ3) is 4.27. The highest BCUT2D eigenvalue weighted by molar-refractivity contribution is 6.74. The number of amides is 1. The number of nitrogens with one attached hydrogen (secondary N) is 1. The summed E-state index contributed by atoms with van der Waals surface area (Å²) in [5.74, 6) is -1.48. The zero-order valence-corrected chi connectivity index (χ0v) is 18.5. The van der Waals surface area contributed by atoms with Crippen molar-refractivity contribution in [1.82, 2.24) is 5.32 Å². The number of hydrogen-bond acceptors (Lipinski definition) is 3. The smallest absolute Gasteiger partial charge is 0.311 e. The van der Waals surface area contributed by atoms with Crippen LogP contribution in [0.5, 0.6) is 0 Å². The van der Waals surface area contributed by atoms with Gasteiger partial charge in [-0.1, -0.05) is 51.1 Å². The molecule has 1 aromatic carbocycles. The van der Waals surface area contributed by atoms with Crippen LogP contribution in [0.1, 0.15) is 40.2 Å².